The molecule has 0 fully saturated rings. The van der Waals surface area contributed by atoms with Gasteiger partial charge in [-0.15, -0.1) is 0 Å². The minimum absolute atomic E-state index is 0.0294. The predicted molar refractivity (Wildman–Crippen MR) is 83.6 cm³/mol. The summed E-state index contributed by atoms with van der Waals surface area (Å²) in [4.78, 5) is 11.8. The van der Waals surface area contributed by atoms with E-state index in [0.29, 0.717) is 12.5 Å². The first kappa shape index (κ1) is 16.8. The van der Waals surface area contributed by atoms with Crippen LogP contribution in [0.2, 0.25) is 0 Å². The van der Waals surface area contributed by atoms with Gasteiger partial charge in [0.15, 0.2) is 0 Å². The molecule has 23 heavy (non-hydrogen) atoms. The van der Waals surface area contributed by atoms with Crippen LogP contribution in [0.4, 0.5) is 13.2 Å². The van der Waals surface area contributed by atoms with Crippen molar-refractivity contribution in [3.63, 3.8) is 0 Å². The number of hydrogen-bond acceptors (Lipinski definition) is 1. The largest absolute Gasteiger partial charge is 0.417 e. The molecule has 5 heteroatoms. The van der Waals surface area contributed by atoms with Crippen LogP contribution >= 0.6 is 0 Å². The Labute approximate surface area is 132 Å². The average molecular weight is 319 g/mol. The SMILES string of the molecule is O=C(/C=C(\c1ccccc1)C(F)(F)F)NCCc1ccccc1. The fourth-order valence-electron chi connectivity index (χ4n) is 2.10. The molecule has 2 aromatic carbocycles. The lowest BCUT2D eigenvalue weighted by molar-refractivity contribution is -0.116. The quantitative estimate of drug-likeness (QED) is 0.830. The first-order chi connectivity index (χ1) is 11.0. The van der Waals surface area contributed by atoms with Crippen molar-refractivity contribution < 1.29 is 18.0 Å². The summed E-state index contributed by atoms with van der Waals surface area (Å²) < 4.78 is 39.3. The zero-order valence-electron chi connectivity index (χ0n) is 12.3. The van der Waals surface area contributed by atoms with Crippen LogP contribution in [0.15, 0.2) is 66.7 Å². The number of allylic oxidation sites excluding steroid dienone is 1. The van der Waals surface area contributed by atoms with Gasteiger partial charge < -0.3 is 5.32 Å². The molecule has 2 nitrogen and oxygen atoms in total. The number of carbonyl (C=O) groups is 1. The zero-order chi connectivity index (χ0) is 16.7. The first-order valence-electron chi connectivity index (χ1n) is 7.13. The van der Waals surface area contributed by atoms with Gasteiger partial charge in [0.05, 0.1) is 5.57 Å². The van der Waals surface area contributed by atoms with Crippen molar-refractivity contribution in [3.8, 4) is 0 Å². The molecule has 0 atom stereocenters. The van der Waals surface area contributed by atoms with Crippen LogP contribution < -0.4 is 5.32 Å². The van der Waals surface area contributed by atoms with Crippen LogP contribution in [0.5, 0.6) is 0 Å². The highest BCUT2D eigenvalue weighted by atomic mass is 19.4. The van der Waals surface area contributed by atoms with E-state index in [1.54, 1.807) is 6.07 Å². The first-order valence-corrected chi connectivity index (χ1v) is 7.13. The molecule has 0 aliphatic heterocycles. The van der Waals surface area contributed by atoms with Crippen molar-refractivity contribution in [2.45, 2.75) is 12.6 Å². The molecule has 0 spiro atoms. The summed E-state index contributed by atoms with van der Waals surface area (Å²) in [6.45, 7) is 0.277. The van der Waals surface area contributed by atoms with Gasteiger partial charge in [0, 0.05) is 12.6 Å². The Balaban J connectivity index is 2.03. The van der Waals surface area contributed by atoms with Gasteiger partial charge in [-0.2, -0.15) is 13.2 Å². The topological polar surface area (TPSA) is 29.1 Å². The van der Waals surface area contributed by atoms with E-state index >= 15 is 0 Å². The Hall–Kier alpha value is -2.56. The molecule has 0 heterocycles. The molecular weight excluding hydrogens is 303 g/mol. The predicted octanol–water partition coefficient (Wildman–Crippen LogP) is 3.99. The third-order valence-electron chi connectivity index (χ3n) is 3.22. The molecule has 120 valence electrons. The highest BCUT2D eigenvalue weighted by molar-refractivity contribution is 5.96. The molecule has 0 aliphatic carbocycles. The molecule has 1 amide bonds. The number of alkyl halides is 3. The Morgan fingerprint density at radius 2 is 1.52 bits per heavy atom. The Kier molecular flexibility index (Phi) is 5.57. The number of halogens is 3. The van der Waals surface area contributed by atoms with Crippen LogP contribution in [0.1, 0.15) is 11.1 Å². The van der Waals surface area contributed by atoms with Crippen LogP contribution in [-0.2, 0) is 11.2 Å². The number of nitrogens with one attached hydrogen (secondary N) is 1. The average Bonchev–Trinajstić information content (AvgIpc) is 2.53. The minimum Gasteiger partial charge on any atom is -0.352 e. The molecule has 0 radical (unpaired) electrons. The molecular formula is C18H16F3NO. The van der Waals surface area contributed by atoms with Gasteiger partial charge in [-0.25, -0.2) is 0 Å². The third-order valence-corrected chi connectivity index (χ3v) is 3.22. The summed E-state index contributed by atoms with van der Waals surface area (Å²) in [7, 11) is 0. The van der Waals surface area contributed by atoms with Crippen molar-refractivity contribution >= 4 is 11.5 Å². The lowest BCUT2D eigenvalue weighted by Crippen LogP contribution is -2.25. The molecule has 0 bridgehead atoms. The third kappa shape index (κ3) is 5.29. The Morgan fingerprint density at radius 1 is 0.957 bits per heavy atom. The lowest BCUT2D eigenvalue weighted by Gasteiger charge is -2.12. The van der Waals surface area contributed by atoms with E-state index in [2.05, 4.69) is 5.32 Å². The number of benzene rings is 2. The van der Waals surface area contributed by atoms with E-state index in [4.69, 9.17) is 0 Å². The summed E-state index contributed by atoms with van der Waals surface area (Å²) in [6, 6.07) is 16.7. The fourth-order valence-corrected chi connectivity index (χ4v) is 2.10. The molecule has 1 N–H and O–H groups in total. The Bertz CT molecular complexity index is 664. The molecule has 0 saturated heterocycles. The highest BCUT2D eigenvalue weighted by Gasteiger charge is 2.35. The van der Waals surface area contributed by atoms with Crippen LogP contribution in [0, 0.1) is 0 Å². The Morgan fingerprint density at radius 3 is 2.09 bits per heavy atom. The van der Waals surface area contributed by atoms with Gasteiger partial charge in [0.25, 0.3) is 0 Å². The van der Waals surface area contributed by atoms with Crippen molar-refractivity contribution in [1.29, 1.82) is 0 Å². The number of amides is 1. The van der Waals surface area contributed by atoms with E-state index < -0.39 is 17.7 Å². The summed E-state index contributed by atoms with van der Waals surface area (Å²) in [5.74, 6) is -0.753. The van der Waals surface area contributed by atoms with E-state index in [0.717, 1.165) is 5.56 Å². The van der Waals surface area contributed by atoms with E-state index in [1.165, 1.54) is 24.3 Å². The minimum atomic E-state index is -4.59. The molecule has 0 aromatic heterocycles. The lowest BCUT2D eigenvalue weighted by atomic mass is 10.1. The molecule has 0 unspecified atom stereocenters. The number of hydrogen-bond donors (Lipinski definition) is 1. The maximum absolute atomic E-state index is 13.1. The van der Waals surface area contributed by atoms with E-state index in [1.807, 2.05) is 30.3 Å². The summed E-state index contributed by atoms with van der Waals surface area (Å²) in [5.41, 5.74) is 0.0319. The van der Waals surface area contributed by atoms with Gasteiger partial charge in [-0.05, 0) is 17.5 Å². The van der Waals surface area contributed by atoms with Gasteiger partial charge in [-0.1, -0.05) is 60.7 Å². The maximum atomic E-state index is 13.1. The number of carbonyl (C=O) groups excluding carboxylic acids is 1. The van der Waals surface area contributed by atoms with Gasteiger partial charge in [0.1, 0.15) is 0 Å². The fraction of sp³-hybridized carbons (Fsp3) is 0.167. The van der Waals surface area contributed by atoms with Gasteiger partial charge >= 0.3 is 6.18 Å². The second-order valence-corrected chi connectivity index (χ2v) is 4.95. The molecule has 2 aromatic rings. The van der Waals surface area contributed by atoms with Crippen molar-refractivity contribution in [2.75, 3.05) is 6.54 Å². The van der Waals surface area contributed by atoms with Gasteiger partial charge in [0.2, 0.25) is 5.91 Å². The second kappa shape index (κ2) is 7.63. The molecule has 0 aliphatic rings. The standard InChI is InChI=1S/C18H16F3NO/c19-18(20,21)16(15-9-5-2-6-10-15)13-17(23)22-12-11-14-7-3-1-4-8-14/h1-10,13H,11-12H2,(H,22,23)/b16-13+. The smallest absolute Gasteiger partial charge is 0.352 e. The normalized spacial score (nSPS) is 12.0. The zero-order valence-corrected chi connectivity index (χ0v) is 12.3. The second-order valence-electron chi connectivity index (χ2n) is 4.95. The van der Waals surface area contributed by atoms with Crippen LogP contribution in [0.3, 0.4) is 0 Å². The highest BCUT2D eigenvalue weighted by Crippen LogP contribution is 2.33. The van der Waals surface area contributed by atoms with Crippen LogP contribution in [-0.4, -0.2) is 18.6 Å². The monoisotopic (exact) mass is 319 g/mol. The summed E-state index contributed by atoms with van der Waals surface area (Å²) >= 11 is 0. The van der Waals surface area contributed by atoms with Crippen molar-refractivity contribution in [1.82, 2.24) is 5.32 Å². The van der Waals surface area contributed by atoms with E-state index in [9.17, 15) is 18.0 Å². The summed E-state index contributed by atoms with van der Waals surface area (Å²) in [5, 5.41) is 2.49. The van der Waals surface area contributed by atoms with E-state index in [-0.39, 0.29) is 12.1 Å². The number of rotatable bonds is 5. The summed E-state index contributed by atoms with van der Waals surface area (Å²) in [6.07, 6.45) is -3.41. The molecule has 2 rings (SSSR count). The maximum Gasteiger partial charge on any atom is 0.417 e. The van der Waals surface area contributed by atoms with Crippen molar-refractivity contribution in [2.24, 2.45) is 0 Å². The molecule has 0 saturated carbocycles. The van der Waals surface area contributed by atoms with Gasteiger partial charge in [-0.3, -0.25) is 4.79 Å². The van der Waals surface area contributed by atoms with Crippen LogP contribution in [0.25, 0.3) is 5.57 Å². The van der Waals surface area contributed by atoms with Crippen molar-refractivity contribution in [3.05, 3.63) is 77.9 Å².